The third kappa shape index (κ3) is 3.95. The number of halogens is 1. The highest BCUT2D eigenvalue weighted by Crippen LogP contribution is 2.30. The second-order valence-electron chi connectivity index (χ2n) is 6.53. The second kappa shape index (κ2) is 7.48. The Bertz CT molecular complexity index is 601. The summed E-state index contributed by atoms with van der Waals surface area (Å²) in [5.41, 5.74) is 2.67. The van der Waals surface area contributed by atoms with Gasteiger partial charge in [0.1, 0.15) is 0 Å². The smallest absolute Gasteiger partial charge is 0.0602 e. The molecule has 2 aromatic rings. The molecule has 0 unspecified atom stereocenters. The predicted octanol–water partition coefficient (Wildman–Crippen LogP) is 4.46. The summed E-state index contributed by atoms with van der Waals surface area (Å²) in [7, 11) is 0. The lowest BCUT2D eigenvalue weighted by Crippen LogP contribution is -2.49. The van der Waals surface area contributed by atoms with Crippen LogP contribution in [0.5, 0.6) is 0 Å². The highest BCUT2D eigenvalue weighted by atomic mass is 35.5. The molecule has 0 spiro atoms. The van der Waals surface area contributed by atoms with Crippen molar-refractivity contribution in [2.24, 2.45) is 0 Å². The molecule has 0 N–H and O–H groups in total. The largest absolute Gasteiger partial charge is 0.298 e. The van der Waals surface area contributed by atoms with E-state index in [0.29, 0.717) is 12.1 Å². The van der Waals surface area contributed by atoms with Crippen molar-refractivity contribution < 1.29 is 0 Å². The Morgan fingerprint density at radius 3 is 1.83 bits per heavy atom. The molecule has 0 aromatic heterocycles. The molecule has 0 aliphatic carbocycles. The van der Waals surface area contributed by atoms with Gasteiger partial charge in [-0.05, 0) is 37.1 Å². The Kier molecular flexibility index (Phi) is 5.37. The van der Waals surface area contributed by atoms with Gasteiger partial charge in [0.25, 0.3) is 0 Å². The van der Waals surface area contributed by atoms with E-state index in [0.717, 1.165) is 31.2 Å². The first kappa shape index (κ1) is 16.5. The van der Waals surface area contributed by atoms with E-state index in [2.05, 4.69) is 66.1 Å². The summed E-state index contributed by atoms with van der Waals surface area (Å²) in [6, 6.07) is 20.1. The number of piperazine rings is 1. The summed E-state index contributed by atoms with van der Waals surface area (Å²) in [6.45, 7) is 9.02. The normalized spacial score (nSPS) is 18.3. The summed E-state index contributed by atoms with van der Waals surface area (Å²) in [4.78, 5) is 5.15. The molecular weight excluding hydrogens is 304 g/mol. The standard InChI is InChI=1S/C20H25ClN2/c1-16(2)22-12-14-23(15-13-22)20(17-6-4-3-5-7-17)18-8-10-19(21)11-9-18/h3-11,16,20H,12-15H2,1-2H3/t20-/m0/s1. The van der Waals surface area contributed by atoms with E-state index >= 15 is 0 Å². The number of benzene rings is 2. The maximum absolute atomic E-state index is 6.08. The van der Waals surface area contributed by atoms with Crippen LogP contribution in [-0.2, 0) is 0 Å². The second-order valence-corrected chi connectivity index (χ2v) is 6.97. The van der Waals surface area contributed by atoms with Gasteiger partial charge in [-0.25, -0.2) is 0 Å². The van der Waals surface area contributed by atoms with E-state index in [4.69, 9.17) is 11.6 Å². The van der Waals surface area contributed by atoms with Crippen molar-refractivity contribution in [3.63, 3.8) is 0 Å². The van der Waals surface area contributed by atoms with Crippen molar-refractivity contribution in [1.29, 1.82) is 0 Å². The van der Waals surface area contributed by atoms with Crippen molar-refractivity contribution in [2.45, 2.75) is 25.9 Å². The molecule has 0 saturated carbocycles. The van der Waals surface area contributed by atoms with Crippen molar-refractivity contribution in [3.8, 4) is 0 Å². The highest BCUT2D eigenvalue weighted by Gasteiger charge is 2.27. The lowest BCUT2D eigenvalue weighted by Gasteiger charge is -2.41. The first-order valence-corrected chi connectivity index (χ1v) is 8.81. The quantitative estimate of drug-likeness (QED) is 0.817. The Balaban J connectivity index is 1.86. The zero-order chi connectivity index (χ0) is 16.2. The molecule has 23 heavy (non-hydrogen) atoms. The van der Waals surface area contributed by atoms with E-state index in [1.54, 1.807) is 0 Å². The molecule has 0 radical (unpaired) electrons. The highest BCUT2D eigenvalue weighted by molar-refractivity contribution is 6.30. The van der Waals surface area contributed by atoms with Crippen LogP contribution in [-0.4, -0.2) is 42.0 Å². The molecule has 3 rings (SSSR count). The summed E-state index contributed by atoms with van der Waals surface area (Å²) in [5.74, 6) is 0. The minimum absolute atomic E-state index is 0.308. The molecule has 2 aromatic carbocycles. The molecule has 122 valence electrons. The molecule has 3 heteroatoms. The minimum Gasteiger partial charge on any atom is -0.298 e. The number of rotatable bonds is 4. The number of hydrogen-bond donors (Lipinski definition) is 0. The van der Waals surface area contributed by atoms with Crippen LogP contribution < -0.4 is 0 Å². The van der Waals surface area contributed by atoms with E-state index in [-0.39, 0.29) is 0 Å². The van der Waals surface area contributed by atoms with Gasteiger partial charge in [-0.15, -0.1) is 0 Å². The molecule has 1 aliphatic rings. The Labute approximate surface area is 144 Å². The number of nitrogens with zero attached hydrogens (tertiary/aromatic N) is 2. The van der Waals surface area contributed by atoms with E-state index in [1.807, 2.05) is 12.1 Å². The van der Waals surface area contributed by atoms with Gasteiger partial charge >= 0.3 is 0 Å². The fraction of sp³-hybridized carbons (Fsp3) is 0.400. The molecule has 1 atom stereocenters. The van der Waals surface area contributed by atoms with Crippen LogP contribution in [0.15, 0.2) is 54.6 Å². The van der Waals surface area contributed by atoms with Gasteiger partial charge in [0, 0.05) is 37.2 Å². The Morgan fingerprint density at radius 2 is 1.26 bits per heavy atom. The Hall–Kier alpha value is -1.35. The van der Waals surface area contributed by atoms with Crippen LogP contribution in [0.4, 0.5) is 0 Å². The van der Waals surface area contributed by atoms with Crippen LogP contribution in [0.1, 0.15) is 31.0 Å². The van der Waals surface area contributed by atoms with Crippen molar-refractivity contribution >= 4 is 11.6 Å². The average Bonchev–Trinajstić information content (AvgIpc) is 2.58. The predicted molar refractivity (Wildman–Crippen MR) is 98.0 cm³/mol. The monoisotopic (exact) mass is 328 g/mol. The van der Waals surface area contributed by atoms with Gasteiger partial charge in [0.05, 0.1) is 6.04 Å². The van der Waals surface area contributed by atoms with Crippen molar-refractivity contribution in [1.82, 2.24) is 9.80 Å². The number of hydrogen-bond acceptors (Lipinski definition) is 2. The van der Waals surface area contributed by atoms with Gasteiger partial charge in [-0.3, -0.25) is 9.80 Å². The summed E-state index contributed by atoms with van der Waals surface area (Å²) in [6.07, 6.45) is 0. The maximum Gasteiger partial charge on any atom is 0.0602 e. The van der Waals surface area contributed by atoms with Gasteiger partial charge < -0.3 is 0 Å². The van der Waals surface area contributed by atoms with Gasteiger partial charge in [0.2, 0.25) is 0 Å². The van der Waals surface area contributed by atoms with E-state index < -0.39 is 0 Å². The summed E-state index contributed by atoms with van der Waals surface area (Å²) < 4.78 is 0. The molecule has 2 nitrogen and oxygen atoms in total. The average molecular weight is 329 g/mol. The molecule has 0 bridgehead atoms. The maximum atomic E-state index is 6.08. The fourth-order valence-corrected chi connectivity index (χ4v) is 3.53. The lowest BCUT2D eigenvalue weighted by molar-refractivity contribution is 0.0893. The zero-order valence-corrected chi connectivity index (χ0v) is 14.7. The van der Waals surface area contributed by atoms with Crippen molar-refractivity contribution in [3.05, 3.63) is 70.7 Å². The first-order valence-electron chi connectivity index (χ1n) is 8.43. The molecule has 0 amide bonds. The minimum atomic E-state index is 0.308. The molecule has 1 saturated heterocycles. The lowest BCUT2D eigenvalue weighted by atomic mass is 9.96. The van der Waals surface area contributed by atoms with Gasteiger partial charge in [-0.1, -0.05) is 54.1 Å². The van der Waals surface area contributed by atoms with Gasteiger partial charge in [0.15, 0.2) is 0 Å². The topological polar surface area (TPSA) is 6.48 Å². The molecule has 1 heterocycles. The fourth-order valence-electron chi connectivity index (χ4n) is 3.41. The van der Waals surface area contributed by atoms with E-state index in [1.165, 1.54) is 11.1 Å². The van der Waals surface area contributed by atoms with Gasteiger partial charge in [-0.2, -0.15) is 0 Å². The van der Waals surface area contributed by atoms with Crippen LogP contribution in [0, 0.1) is 0 Å². The van der Waals surface area contributed by atoms with Crippen LogP contribution in [0.2, 0.25) is 5.02 Å². The third-order valence-corrected chi connectivity index (χ3v) is 5.00. The molecule has 1 fully saturated rings. The molecular formula is C20H25ClN2. The summed E-state index contributed by atoms with van der Waals surface area (Å²) >= 11 is 6.08. The van der Waals surface area contributed by atoms with Crippen LogP contribution in [0.3, 0.4) is 0 Å². The van der Waals surface area contributed by atoms with Crippen LogP contribution >= 0.6 is 11.6 Å². The first-order chi connectivity index (χ1) is 11.1. The van der Waals surface area contributed by atoms with Crippen LogP contribution in [0.25, 0.3) is 0 Å². The SMILES string of the molecule is CC(C)N1CCN([C@@H](c2ccccc2)c2ccc(Cl)cc2)CC1. The Morgan fingerprint density at radius 1 is 0.739 bits per heavy atom. The van der Waals surface area contributed by atoms with E-state index in [9.17, 15) is 0 Å². The van der Waals surface area contributed by atoms with Crippen molar-refractivity contribution in [2.75, 3.05) is 26.2 Å². The summed E-state index contributed by atoms with van der Waals surface area (Å²) in [5, 5.41) is 0.796. The molecule has 1 aliphatic heterocycles. The third-order valence-electron chi connectivity index (χ3n) is 4.75. The zero-order valence-electron chi connectivity index (χ0n) is 14.0.